The highest BCUT2D eigenvalue weighted by molar-refractivity contribution is 7.79. The van der Waals surface area contributed by atoms with Gasteiger partial charge >= 0.3 is 0 Å². The van der Waals surface area contributed by atoms with Crippen LogP contribution in [0.25, 0.3) is 0 Å². The lowest BCUT2D eigenvalue weighted by Crippen LogP contribution is -2.32. The van der Waals surface area contributed by atoms with E-state index in [1.807, 2.05) is 32.9 Å². The van der Waals surface area contributed by atoms with E-state index in [1.54, 1.807) is 6.26 Å². The third kappa shape index (κ3) is 5.95. The summed E-state index contributed by atoms with van der Waals surface area (Å²) in [5.74, 6) is 0.835. The Morgan fingerprint density at radius 2 is 1.43 bits per heavy atom. The summed E-state index contributed by atoms with van der Waals surface area (Å²) in [6.07, 6.45) is 3.21. The second-order valence-electron chi connectivity index (χ2n) is 9.03. The van der Waals surface area contributed by atoms with Gasteiger partial charge in [-0.25, -0.2) is 0 Å². The Morgan fingerprint density at radius 3 is 1.87 bits per heavy atom. The first-order valence-corrected chi connectivity index (χ1v) is 11.7. The van der Waals surface area contributed by atoms with Crippen LogP contribution >= 0.6 is 12.6 Å². The van der Waals surface area contributed by atoms with Crippen molar-refractivity contribution in [1.82, 2.24) is 0 Å². The Labute approximate surface area is 189 Å². The normalized spacial score (nSPS) is 12.7. The predicted octanol–water partition coefficient (Wildman–Crippen LogP) is 6.32. The number of nitrogen functional groups attached to an aromatic ring is 1. The molecule has 0 saturated carbocycles. The van der Waals surface area contributed by atoms with Gasteiger partial charge in [-0.2, -0.15) is 12.6 Å². The van der Waals surface area contributed by atoms with E-state index in [-0.39, 0.29) is 10.8 Å². The number of hydrogen-bond acceptors (Lipinski definition) is 4. The smallest absolute Gasteiger partial charge is 0.122 e. The molecular weight excluding hydrogens is 390 g/mol. The maximum atomic E-state index is 10.3. The highest BCUT2D eigenvalue weighted by Crippen LogP contribution is 2.41. The Balaban J connectivity index is 0.00000218. The molecule has 3 N–H and O–H groups in total. The van der Waals surface area contributed by atoms with Crippen LogP contribution in [0.4, 0.5) is 5.69 Å². The Kier molecular flexibility index (Phi) is 9.77. The molecule has 0 aliphatic heterocycles. The number of rotatable bonds is 7. The molecule has 3 nitrogen and oxygen atoms in total. The molecule has 30 heavy (non-hydrogen) atoms. The van der Waals surface area contributed by atoms with Crippen LogP contribution in [-0.2, 0) is 5.41 Å². The zero-order valence-electron chi connectivity index (χ0n) is 20.0. The number of ether oxygens (including phenoxy) is 1. The number of aryl methyl sites for hydroxylation is 2. The SMILES string of the molecule is CCC(CC)(c1ccc(N)c(C)c1)c1ccc(OCC(O)C(C)(C)C)c(C)c1.CS. The third-order valence-corrected chi connectivity index (χ3v) is 6.15. The van der Waals surface area contributed by atoms with Crippen LogP contribution in [0.15, 0.2) is 36.4 Å². The summed E-state index contributed by atoms with van der Waals surface area (Å²) in [5, 5.41) is 10.3. The van der Waals surface area contributed by atoms with E-state index < -0.39 is 6.10 Å². The summed E-state index contributed by atoms with van der Waals surface area (Å²) in [7, 11) is 0. The van der Waals surface area contributed by atoms with E-state index in [9.17, 15) is 5.11 Å². The fourth-order valence-corrected chi connectivity index (χ4v) is 3.73. The van der Waals surface area contributed by atoms with Crippen molar-refractivity contribution in [3.05, 3.63) is 58.7 Å². The van der Waals surface area contributed by atoms with Crippen molar-refractivity contribution >= 4 is 18.3 Å². The maximum absolute atomic E-state index is 10.3. The summed E-state index contributed by atoms with van der Waals surface area (Å²) in [6, 6.07) is 12.9. The van der Waals surface area contributed by atoms with E-state index in [1.165, 1.54) is 11.1 Å². The van der Waals surface area contributed by atoms with Crippen LogP contribution in [0, 0.1) is 19.3 Å². The van der Waals surface area contributed by atoms with Gasteiger partial charge in [0.2, 0.25) is 0 Å². The predicted molar refractivity (Wildman–Crippen MR) is 134 cm³/mol. The molecule has 0 aromatic heterocycles. The van der Waals surface area contributed by atoms with Crippen LogP contribution in [0.1, 0.15) is 69.7 Å². The van der Waals surface area contributed by atoms with Crippen LogP contribution in [-0.4, -0.2) is 24.1 Å². The van der Waals surface area contributed by atoms with E-state index in [0.717, 1.165) is 35.4 Å². The van der Waals surface area contributed by atoms with Crippen LogP contribution in [0.2, 0.25) is 0 Å². The molecule has 0 fully saturated rings. The molecule has 2 aromatic rings. The van der Waals surface area contributed by atoms with Gasteiger partial charge in [0.25, 0.3) is 0 Å². The van der Waals surface area contributed by atoms with Gasteiger partial charge in [0.05, 0.1) is 6.10 Å². The lowest BCUT2D eigenvalue weighted by atomic mass is 9.70. The van der Waals surface area contributed by atoms with Gasteiger partial charge in [-0.3, -0.25) is 0 Å². The lowest BCUT2D eigenvalue weighted by molar-refractivity contribution is 0.0216. The quantitative estimate of drug-likeness (QED) is 0.355. The summed E-state index contributed by atoms with van der Waals surface area (Å²) >= 11 is 3.53. The molecule has 0 amide bonds. The summed E-state index contributed by atoms with van der Waals surface area (Å²) in [4.78, 5) is 0. The van der Waals surface area contributed by atoms with Gasteiger partial charge in [-0.1, -0.05) is 58.9 Å². The van der Waals surface area contributed by atoms with E-state index >= 15 is 0 Å². The molecule has 0 radical (unpaired) electrons. The van der Waals surface area contributed by atoms with Crippen LogP contribution in [0.3, 0.4) is 0 Å². The van der Waals surface area contributed by atoms with Crippen molar-refractivity contribution in [2.24, 2.45) is 5.41 Å². The molecule has 168 valence electrons. The zero-order valence-corrected chi connectivity index (χ0v) is 20.9. The summed E-state index contributed by atoms with van der Waals surface area (Å²) < 4.78 is 5.93. The van der Waals surface area contributed by atoms with Gasteiger partial charge in [-0.15, -0.1) is 0 Å². The monoisotopic (exact) mass is 431 g/mol. The zero-order chi connectivity index (χ0) is 23.1. The first-order chi connectivity index (χ1) is 14.0. The van der Waals surface area contributed by atoms with Crippen molar-refractivity contribution in [3.8, 4) is 5.75 Å². The van der Waals surface area contributed by atoms with Crippen molar-refractivity contribution in [2.75, 3.05) is 18.6 Å². The molecule has 2 aromatic carbocycles. The van der Waals surface area contributed by atoms with Gasteiger partial charge in [-0.05, 0) is 72.7 Å². The van der Waals surface area contributed by atoms with Crippen LogP contribution < -0.4 is 10.5 Å². The van der Waals surface area contributed by atoms with Crippen molar-refractivity contribution in [2.45, 2.75) is 72.8 Å². The summed E-state index contributed by atoms with van der Waals surface area (Å²) in [5.41, 5.74) is 11.5. The van der Waals surface area contributed by atoms with Crippen molar-refractivity contribution in [1.29, 1.82) is 0 Å². The molecule has 0 heterocycles. The molecule has 0 saturated heterocycles. The molecule has 2 rings (SSSR count). The number of aliphatic hydroxyl groups excluding tert-OH is 1. The molecule has 0 aliphatic rings. The lowest BCUT2D eigenvalue weighted by Gasteiger charge is -2.34. The second-order valence-corrected chi connectivity index (χ2v) is 9.03. The van der Waals surface area contributed by atoms with E-state index in [4.69, 9.17) is 10.5 Å². The minimum atomic E-state index is -0.505. The van der Waals surface area contributed by atoms with Gasteiger partial charge in [0, 0.05) is 11.1 Å². The number of thiol groups is 1. The Bertz CT molecular complexity index is 807. The molecule has 1 unspecified atom stereocenters. The molecule has 0 aliphatic carbocycles. The summed E-state index contributed by atoms with van der Waals surface area (Å²) in [6.45, 7) is 15.0. The highest BCUT2D eigenvalue weighted by Gasteiger charge is 2.31. The molecule has 0 bridgehead atoms. The van der Waals surface area contributed by atoms with E-state index in [2.05, 4.69) is 64.6 Å². The average Bonchev–Trinajstić information content (AvgIpc) is 2.71. The molecular formula is C26H41NO2S. The number of benzene rings is 2. The van der Waals surface area contributed by atoms with Gasteiger partial charge in [0.15, 0.2) is 0 Å². The van der Waals surface area contributed by atoms with Gasteiger partial charge < -0.3 is 15.6 Å². The fourth-order valence-electron chi connectivity index (χ4n) is 3.73. The molecule has 0 spiro atoms. The highest BCUT2D eigenvalue weighted by atomic mass is 32.1. The Morgan fingerprint density at radius 1 is 0.933 bits per heavy atom. The first kappa shape index (κ1) is 26.4. The molecule has 1 atom stereocenters. The minimum absolute atomic E-state index is 0.0489. The average molecular weight is 432 g/mol. The third-order valence-electron chi connectivity index (χ3n) is 6.15. The van der Waals surface area contributed by atoms with Crippen molar-refractivity contribution < 1.29 is 9.84 Å². The van der Waals surface area contributed by atoms with Crippen LogP contribution in [0.5, 0.6) is 5.75 Å². The fraction of sp³-hybridized carbons (Fsp3) is 0.538. The minimum Gasteiger partial charge on any atom is -0.491 e. The maximum Gasteiger partial charge on any atom is 0.122 e. The second kappa shape index (κ2) is 11.1. The largest absolute Gasteiger partial charge is 0.491 e. The number of anilines is 1. The standard InChI is InChI=1S/C25H37NO2.CH4S/c1-8-25(9-2,19-10-12-21(26)17(3)14-19)20-11-13-22(18(4)15-20)28-16-23(27)24(5,6)7;1-2/h10-15,23,27H,8-9,16,26H2,1-7H3;2H,1H3. The van der Waals surface area contributed by atoms with E-state index in [0.29, 0.717) is 6.61 Å². The Hall–Kier alpha value is -1.65. The molecule has 4 heteroatoms. The number of aliphatic hydroxyl groups is 1. The van der Waals surface area contributed by atoms with Crippen molar-refractivity contribution in [3.63, 3.8) is 0 Å². The number of hydrogen-bond donors (Lipinski definition) is 3. The first-order valence-electron chi connectivity index (χ1n) is 10.8. The topological polar surface area (TPSA) is 55.5 Å². The van der Waals surface area contributed by atoms with Gasteiger partial charge in [0.1, 0.15) is 12.4 Å². The number of nitrogens with two attached hydrogens (primary N) is 1.